The van der Waals surface area contributed by atoms with E-state index in [1.807, 2.05) is 13.8 Å². The van der Waals surface area contributed by atoms with Crippen molar-refractivity contribution in [3.05, 3.63) is 29.3 Å². The first-order valence-corrected chi connectivity index (χ1v) is 15.3. The van der Waals surface area contributed by atoms with E-state index in [0.29, 0.717) is 21.4 Å². The van der Waals surface area contributed by atoms with Gasteiger partial charge in [0.25, 0.3) is 0 Å². The summed E-state index contributed by atoms with van der Waals surface area (Å²) in [6.45, 7) is 3.74. The molecule has 2 saturated heterocycles. The Labute approximate surface area is 223 Å². The highest BCUT2D eigenvalue weighted by molar-refractivity contribution is 8.01. The number of rotatable bonds is 10. The Hall–Kier alpha value is -2.16. The van der Waals surface area contributed by atoms with Crippen LogP contribution in [0.3, 0.4) is 0 Å². The number of carbonyl (C=O) groups excluding carboxylic acids is 2. The fourth-order valence-corrected chi connectivity index (χ4v) is 9.10. The van der Waals surface area contributed by atoms with Gasteiger partial charge in [0.15, 0.2) is 4.34 Å². The van der Waals surface area contributed by atoms with Gasteiger partial charge in [-0.25, -0.2) is 0 Å². The van der Waals surface area contributed by atoms with E-state index in [4.69, 9.17) is 0 Å². The molecule has 3 N–H and O–H groups in total. The highest BCUT2D eigenvalue weighted by atomic mass is 32.2. The van der Waals surface area contributed by atoms with Crippen molar-refractivity contribution in [1.82, 2.24) is 20.4 Å². The molecule has 2 amide bonds. The van der Waals surface area contributed by atoms with Crippen LogP contribution < -0.4 is 5.32 Å². The lowest BCUT2D eigenvalue weighted by Crippen LogP contribution is -2.74. The Kier molecular flexibility index (Phi) is 8.27. The van der Waals surface area contributed by atoms with Crippen LogP contribution >= 0.6 is 34.9 Å². The van der Waals surface area contributed by atoms with Gasteiger partial charge in [0, 0.05) is 34.6 Å². The minimum Gasteiger partial charge on any atom is -0.508 e. The molecule has 0 spiro atoms. The molecule has 1 aromatic carbocycles. The Morgan fingerprint density at radius 1 is 1.33 bits per heavy atom. The van der Waals surface area contributed by atoms with Gasteiger partial charge in [0.05, 0.1) is 10.8 Å². The zero-order valence-electron chi connectivity index (χ0n) is 19.6. The summed E-state index contributed by atoms with van der Waals surface area (Å²) in [5, 5.41) is 30.2. The zero-order chi connectivity index (χ0) is 26.0. The molecule has 2 aromatic rings. The lowest BCUT2D eigenvalue weighted by molar-refractivity contribution is -0.157. The molecule has 0 saturated carbocycles. The highest BCUT2D eigenvalue weighted by Crippen LogP contribution is 2.44. The average Bonchev–Trinajstić information content (AvgIpc) is 3.29. The molecule has 0 bridgehead atoms. The molecule has 10 nitrogen and oxygen atoms in total. The van der Waals surface area contributed by atoms with E-state index in [1.54, 1.807) is 12.1 Å². The lowest BCUT2D eigenvalue weighted by Gasteiger charge is -2.53. The van der Waals surface area contributed by atoms with E-state index in [-0.39, 0.29) is 41.7 Å². The standard InChI is InChI=1S/C22H26N4O6S4/c1-3-14(36(32)15-6-4-13(27)5-7-15)8-16(28)23-17-18(29)26-9-22(20(30)31,10-33-19(17)26)11-34-21-25-24-12(2)35-21/h4-7,14,17,19,27H,3,8-11H2,1-2H3,(H,23,28)(H,30,31)/t14?,17?,19-,22?,36?/m1/s1. The summed E-state index contributed by atoms with van der Waals surface area (Å²) in [6, 6.07) is 5.31. The third-order valence-electron chi connectivity index (χ3n) is 6.13. The molecule has 2 fully saturated rings. The smallest absolute Gasteiger partial charge is 0.313 e. The van der Waals surface area contributed by atoms with E-state index >= 15 is 0 Å². The van der Waals surface area contributed by atoms with Crippen LogP contribution in [0.1, 0.15) is 24.8 Å². The maximum absolute atomic E-state index is 12.9. The summed E-state index contributed by atoms with van der Waals surface area (Å²) in [4.78, 5) is 39.8. The van der Waals surface area contributed by atoms with Crippen molar-refractivity contribution in [3.8, 4) is 5.75 Å². The number of aromatic nitrogens is 2. The first kappa shape index (κ1) is 26.9. The number of carboxylic acids is 1. The van der Waals surface area contributed by atoms with E-state index in [9.17, 15) is 28.8 Å². The molecule has 4 rings (SSSR count). The largest absolute Gasteiger partial charge is 0.508 e. The molecule has 2 aliphatic rings. The number of aromatic hydroxyl groups is 1. The van der Waals surface area contributed by atoms with E-state index in [0.717, 1.165) is 5.01 Å². The van der Waals surface area contributed by atoms with Crippen molar-refractivity contribution in [2.75, 3.05) is 18.1 Å². The minimum atomic E-state index is -1.45. The van der Waals surface area contributed by atoms with Crippen LogP contribution in [-0.2, 0) is 25.2 Å². The molecule has 194 valence electrons. The van der Waals surface area contributed by atoms with Crippen LogP contribution in [0.4, 0.5) is 0 Å². The topological polar surface area (TPSA) is 150 Å². The van der Waals surface area contributed by atoms with Crippen molar-refractivity contribution < 1.29 is 28.8 Å². The fraction of sp³-hybridized carbons (Fsp3) is 0.500. The number of fused-ring (bicyclic) bond motifs is 1. The second kappa shape index (κ2) is 11.1. The number of nitrogens with zero attached hydrogens (tertiary/aromatic N) is 3. The SMILES string of the molecule is CCC(CC(=O)NC1C(=O)N2CC(CSc3nnc(C)s3)(C(=O)O)CS[C@H]12)S(=O)c1ccc(O)cc1. The molecule has 0 radical (unpaired) electrons. The number of aliphatic carboxylic acids is 1. The molecule has 0 aliphatic carbocycles. The third kappa shape index (κ3) is 5.55. The molecule has 14 heteroatoms. The number of phenolic OH excluding ortho intramolecular Hbond substituents is 1. The first-order valence-electron chi connectivity index (χ1n) is 11.2. The molecule has 1 aromatic heterocycles. The van der Waals surface area contributed by atoms with Gasteiger partial charge >= 0.3 is 5.97 Å². The van der Waals surface area contributed by atoms with E-state index in [1.165, 1.54) is 51.9 Å². The van der Waals surface area contributed by atoms with Gasteiger partial charge in [0.1, 0.15) is 27.6 Å². The van der Waals surface area contributed by atoms with Crippen molar-refractivity contribution in [2.45, 2.75) is 52.6 Å². The number of thioether (sulfide) groups is 2. The van der Waals surface area contributed by atoms with Gasteiger partial charge in [-0.3, -0.25) is 18.6 Å². The van der Waals surface area contributed by atoms with E-state index < -0.39 is 33.5 Å². The lowest BCUT2D eigenvalue weighted by atomic mass is 9.89. The Bertz CT molecular complexity index is 1180. The van der Waals surface area contributed by atoms with Crippen LogP contribution in [0.5, 0.6) is 5.75 Å². The van der Waals surface area contributed by atoms with Gasteiger partial charge < -0.3 is 20.4 Å². The second-order valence-electron chi connectivity index (χ2n) is 8.70. The molecule has 2 aliphatic heterocycles. The highest BCUT2D eigenvalue weighted by Gasteiger charge is 2.57. The van der Waals surface area contributed by atoms with E-state index in [2.05, 4.69) is 15.5 Å². The number of benzene rings is 1. The summed E-state index contributed by atoms with van der Waals surface area (Å²) in [7, 11) is -1.45. The predicted octanol–water partition coefficient (Wildman–Crippen LogP) is 2.09. The normalized spacial score (nSPS) is 24.9. The number of phenols is 1. The molecule has 3 heterocycles. The van der Waals surface area contributed by atoms with Gasteiger partial charge in [-0.05, 0) is 37.6 Å². The number of carboxylic acid groups (broad SMARTS) is 1. The molecule has 36 heavy (non-hydrogen) atoms. The number of hydrogen-bond donors (Lipinski definition) is 3. The van der Waals surface area contributed by atoms with Crippen LogP contribution in [0.25, 0.3) is 0 Å². The molecular formula is C22H26N4O6S4. The van der Waals surface area contributed by atoms with Crippen molar-refractivity contribution >= 4 is 63.4 Å². The fourth-order valence-electron chi connectivity index (χ4n) is 4.03. The van der Waals surface area contributed by atoms with Crippen LogP contribution in [0.15, 0.2) is 33.5 Å². The van der Waals surface area contributed by atoms with Gasteiger partial charge in [-0.2, -0.15) is 0 Å². The zero-order valence-corrected chi connectivity index (χ0v) is 22.8. The quantitative estimate of drug-likeness (QED) is 0.286. The van der Waals surface area contributed by atoms with Crippen LogP contribution in [0, 0.1) is 12.3 Å². The van der Waals surface area contributed by atoms with Gasteiger partial charge in [0.2, 0.25) is 11.8 Å². The third-order valence-corrected chi connectivity index (χ3v) is 11.8. The second-order valence-corrected chi connectivity index (χ2v) is 13.9. The summed E-state index contributed by atoms with van der Waals surface area (Å²) >= 11 is 4.08. The van der Waals surface area contributed by atoms with Crippen molar-refractivity contribution in [1.29, 1.82) is 0 Å². The van der Waals surface area contributed by atoms with Crippen LogP contribution in [-0.4, -0.2) is 82.0 Å². The minimum absolute atomic E-state index is 0.0118. The van der Waals surface area contributed by atoms with Crippen molar-refractivity contribution in [3.63, 3.8) is 0 Å². The number of amides is 2. The van der Waals surface area contributed by atoms with Gasteiger partial charge in [-0.1, -0.05) is 30.0 Å². The van der Waals surface area contributed by atoms with Crippen LogP contribution in [0.2, 0.25) is 0 Å². The Balaban J connectivity index is 1.34. The molecule has 4 unspecified atom stereocenters. The number of aryl methyl sites for hydroxylation is 1. The summed E-state index contributed by atoms with van der Waals surface area (Å²) in [5.41, 5.74) is -1.12. The number of hydrogen-bond acceptors (Lipinski definition) is 10. The Morgan fingerprint density at radius 2 is 2.06 bits per heavy atom. The molecular weight excluding hydrogens is 545 g/mol. The first-order chi connectivity index (χ1) is 17.1. The van der Waals surface area contributed by atoms with Crippen molar-refractivity contribution in [2.24, 2.45) is 5.41 Å². The number of nitrogens with one attached hydrogen (secondary N) is 1. The number of carbonyl (C=O) groups is 3. The monoisotopic (exact) mass is 570 g/mol. The maximum Gasteiger partial charge on any atom is 0.313 e. The Morgan fingerprint density at radius 3 is 2.67 bits per heavy atom. The van der Waals surface area contributed by atoms with Gasteiger partial charge in [-0.15, -0.1) is 22.0 Å². The maximum atomic E-state index is 12.9. The summed E-state index contributed by atoms with van der Waals surface area (Å²) in [5.74, 6) is -1.01. The molecule has 5 atom stereocenters. The summed E-state index contributed by atoms with van der Waals surface area (Å²) < 4.78 is 13.6. The predicted molar refractivity (Wildman–Crippen MR) is 139 cm³/mol. The number of β-lactam (4-membered cyclic amide) rings is 1. The average molecular weight is 571 g/mol. The summed E-state index contributed by atoms with van der Waals surface area (Å²) in [6.07, 6.45) is 0.485.